The first-order valence-electron chi connectivity index (χ1n) is 8.41. The minimum absolute atomic E-state index is 0.240. The maximum Gasteiger partial charge on any atom is 0.257 e. The molecule has 7 nitrogen and oxygen atoms in total. The van der Waals surface area contributed by atoms with E-state index in [-0.39, 0.29) is 5.91 Å². The van der Waals surface area contributed by atoms with Crippen LogP contribution in [0.15, 0.2) is 53.0 Å². The summed E-state index contributed by atoms with van der Waals surface area (Å²) >= 11 is 4.46. The minimum atomic E-state index is -0.240. The third-order valence-corrected chi connectivity index (χ3v) is 5.26. The summed E-state index contributed by atoms with van der Waals surface area (Å²) in [7, 11) is 0. The Morgan fingerprint density at radius 1 is 1.14 bits per heavy atom. The highest BCUT2D eigenvalue weighted by molar-refractivity contribution is 9.10. The highest BCUT2D eigenvalue weighted by atomic mass is 79.9. The highest BCUT2D eigenvalue weighted by Gasteiger charge is 2.18. The molecule has 0 bridgehead atoms. The molecule has 0 spiro atoms. The summed E-state index contributed by atoms with van der Waals surface area (Å²) in [5, 5.41) is 11.6. The zero-order chi connectivity index (χ0) is 19.7. The second-order valence-electron chi connectivity index (χ2n) is 6.16. The molecule has 9 heteroatoms. The number of carbonyl (C=O) groups excluding carboxylic acids is 1. The Bertz CT molecular complexity index is 1150. The number of amides is 1. The van der Waals surface area contributed by atoms with Crippen LogP contribution in [0.2, 0.25) is 0 Å². The fourth-order valence-corrected chi connectivity index (χ4v) is 3.51. The predicted octanol–water partition coefficient (Wildman–Crippen LogP) is 4.42. The normalized spacial score (nSPS) is 10.8. The van der Waals surface area contributed by atoms with Gasteiger partial charge >= 0.3 is 0 Å². The number of aromatic nitrogens is 5. The quantitative estimate of drug-likeness (QED) is 0.493. The summed E-state index contributed by atoms with van der Waals surface area (Å²) in [6.45, 7) is 3.94. The predicted molar refractivity (Wildman–Crippen MR) is 112 cm³/mol. The number of halogens is 1. The van der Waals surface area contributed by atoms with Gasteiger partial charge in [-0.1, -0.05) is 33.3 Å². The molecule has 4 aromatic rings. The van der Waals surface area contributed by atoms with Crippen molar-refractivity contribution in [3.8, 4) is 17.2 Å². The molecule has 0 saturated carbocycles. The van der Waals surface area contributed by atoms with Crippen molar-refractivity contribution in [1.82, 2.24) is 24.4 Å². The fourth-order valence-electron chi connectivity index (χ4n) is 2.68. The standard InChI is InChI=1S/C19H15BrN6OS/c1-11-4-3-5-15(10-11)26-12(2)16(23-25-26)17-21-19(28-24-17)22-18(27)13-6-8-14(20)9-7-13/h3-10H,1-2H3,(H,21,22,24,27). The topological polar surface area (TPSA) is 85.6 Å². The molecule has 140 valence electrons. The average Bonchev–Trinajstić information content (AvgIpc) is 3.28. The molecule has 0 aliphatic rings. The summed E-state index contributed by atoms with van der Waals surface area (Å²) in [6, 6.07) is 15.1. The Morgan fingerprint density at radius 2 is 1.93 bits per heavy atom. The summed E-state index contributed by atoms with van der Waals surface area (Å²) in [4.78, 5) is 16.7. The van der Waals surface area contributed by atoms with Crippen LogP contribution in [0.3, 0.4) is 0 Å². The number of nitrogens with zero attached hydrogens (tertiary/aromatic N) is 5. The van der Waals surface area contributed by atoms with Gasteiger partial charge in [0.2, 0.25) is 5.13 Å². The fraction of sp³-hybridized carbons (Fsp3) is 0.105. The highest BCUT2D eigenvalue weighted by Crippen LogP contribution is 2.24. The van der Waals surface area contributed by atoms with E-state index in [1.807, 2.05) is 50.2 Å². The molecule has 0 aliphatic heterocycles. The van der Waals surface area contributed by atoms with Crippen LogP contribution in [0.25, 0.3) is 17.2 Å². The van der Waals surface area contributed by atoms with Crippen molar-refractivity contribution >= 4 is 38.5 Å². The van der Waals surface area contributed by atoms with Gasteiger partial charge in [-0.3, -0.25) is 10.1 Å². The van der Waals surface area contributed by atoms with Gasteiger partial charge < -0.3 is 0 Å². The second kappa shape index (κ2) is 7.61. The van der Waals surface area contributed by atoms with E-state index in [0.717, 1.165) is 32.9 Å². The summed E-state index contributed by atoms with van der Waals surface area (Å²) in [5.41, 5.74) is 4.02. The van der Waals surface area contributed by atoms with E-state index in [0.29, 0.717) is 22.2 Å². The molecule has 28 heavy (non-hydrogen) atoms. The zero-order valence-corrected chi connectivity index (χ0v) is 17.5. The van der Waals surface area contributed by atoms with Gasteiger partial charge in [0.05, 0.1) is 11.4 Å². The van der Waals surface area contributed by atoms with Crippen LogP contribution in [-0.2, 0) is 0 Å². The van der Waals surface area contributed by atoms with Crippen molar-refractivity contribution in [2.45, 2.75) is 13.8 Å². The van der Waals surface area contributed by atoms with E-state index in [1.165, 1.54) is 0 Å². The van der Waals surface area contributed by atoms with E-state index in [4.69, 9.17) is 0 Å². The summed E-state index contributed by atoms with van der Waals surface area (Å²) in [5.74, 6) is 0.197. The van der Waals surface area contributed by atoms with Crippen LogP contribution in [0.4, 0.5) is 5.13 Å². The van der Waals surface area contributed by atoms with Crippen molar-refractivity contribution in [3.05, 3.63) is 69.8 Å². The molecule has 0 fully saturated rings. The van der Waals surface area contributed by atoms with Crippen molar-refractivity contribution in [1.29, 1.82) is 0 Å². The Labute approximate surface area is 173 Å². The third kappa shape index (κ3) is 3.71. The molecule has 0 atom stereocenters. The van der Waals surface area contributed by atoms with Gasteiger partial charge in [-0.15, -0.1) is 5.10 Å². The molecule has 2 heterocycles. The van der Waals surface area contributed by atoms with E-state index >= 15 is 0 Å². The van der Waals surface area contributed by atoms with E-state index in [9.17, 15) is 4.79 Å². The number of hydrogen-bond donors (Lipinski definition) is 1. The van der Waals surface area contributed by atoms with Gasteiger partial charge in [-0.25, -0.2) is 4.68 Å². The Hall–Kier alpha value is -2.91. The van der Waals surface area contributed by atoms with E-state index in [2.05, 4.69) is 40.9 Å². The molecular formula is C19H15BrN6OS. The van der Waals surface area contributed by atoms with Crippen molar-refractivity contribution in [2.75, 3.05) is 5.32 Å². The summed E-state index contributed by atoms with van der Waals surface area (Å²) in [6.07, 6.45) is 0. The average molecular weight is 455 g/mol. The van der Waals surface area contributed by atoms with Gasteiger partial charge in [0.1, 0.15) is 0 Å². The first kappa shape index (κ1) is 18.5. The number of aryl methyl sites for hydroxylation is 1. The molecule has 0 aliphatic carbocycles. The van der Waals surface area contributed by atoms with Crippen LogP contribution in [0.5, 0.6) is 0 Å². The maximum atomic E-state index is 12.3. The van der Waals surface area contributed by atoms with Crippen LogP contribution in [0, 0.1) is 13.8 Å². The van der Waals surface area contributed by atoms with Gasteiger partial charge in [0, 0.05) is 21.6 Å². The number of rotatable bonds is 4. The van der Waals surface area contributed by atoms with Crippen LogP contribution < -0.4 is 5.32 Å². The molecule has 2 aromatic carbocycles. The first-order valence-corrected chi connectivity index (χ1v) is 9.98. The van der Waals surface area contributed by atoms with Gasteiger partial charge in [0.25, 0.3) is 5.91 Å². The lowest BCUT2D eigenvalue weighted by molar-refractivity contribution is 0.102. The van der Waals surface area contributed by atoms with Crippen molar-refractivity contribution in [3.63, 3.8) is 0 Å². The lowest BCUT2D eigenvalue weighted by Crippen LogP contribution is -2.11. The van der Waals surface area contributed by atoms with E-state index in [1.54, 1.807) is 16.8 Å². The number of hydrogen-bond acceptors (Lipinski definition) is 6. The first-order chi connectivity index (χ1) is 13.5. The Morgan fingerprint density at radius 3 is 2.68 bits per heavy atom. The van der Waals surface area contributed by atoms with Gasteiger partial charge in [-0.2, -0.15) is 9.36 Å². The third-order valence-electron chi connectivity index (χ3n) is 4.11. The molecule has 0 unspecified atom stereocenters. The lowest BCUT2D eigenvalue weighted by Gasteiger charge is -2.03. The van der Waals surface area contributed by atoms with Gasteiger partial charge in [-0.05, 0) is 55.8 Å². The second-order valence-corrected chi connectivity index (χ2v) is 7.83. The summed E-state index contributed by atoms with van der Waals surface area (Å²) < 4.78 is 6.99. The maximum absolute atomic E-state index is 12.3. The van der Waals surface area contributed by atoms with Crippen LogP contribution in [-0.4, -0.2) is 30.3 Å². The van der Waals surface area contributed by atoms with Crippen molar-refractivity contribution < 1.29 is 4.79 Å². The lowest BCUT2D eigenvalue weighted by atomic mass is 10.2. The molecule has 1 N–H and O–H groups in total. The van der Waals surface area contributed by atoms with Crippen LogP contribution in [0.1, 0.15) is 21.6 Å². The number of carbonyl (C=O) groups is 1. The number of nitrogens with one attached hydrogen (secondary N) is 1. The zero-order valence-electron chi connectivity index (χ0n) is 15.0. The van der Waals surface area contributed by atoms with Crippen LogP contribution >= 0.6 is 27.5 Å². The molecule has 4 rings (SSSR count). The molecule has 2 aromatic heterocycles. The molecule has 0 radical (unpaired) electrons. The minimum Gasteiger partial charge on any atom is -0.297 e. The molecule has 0 saturated heterocycles. The molecular weight excluding hydrogens is 440 g/mol. The van der Waals surface area contributed by atoms with Gasteiger partial charge in [0.15, 0.2) is 11.5 Å². The number of anilines is 1. The molecule has 1 amide bonds. The Balaban J connectivity index is 1.56. The van der Waals surface area contributed by atoms with Crippen molar-refractivity contribution in [2.24, 2.45) is 0 Å². The Kier molecular flexibility index (Phi) is 5.01. The SMILES string of the molecule is Cc1cccc(-n2nnc(-c3nsc(NC(=O)c4ccc(Br)cc4)n3)c2C)c1. The monoisotopic (exact) mass is 454 g/mol. The smallest absolute Gasteiger partial charge is 0.257 e. The number of benzene rings is 2. The van der Waals surface area contributed by atoms with E-state index < -0.39 is 0 Å². The largest absolute Gasteiger partial charge is 0.297 e.